The molecule has 0 saturated heterocycles. The second kappa shape index (κ2) is 8.33. The summed E-state index contributed by atoms with van der Waals surface area (Å²) in [6, 6.07) is 11.8. The molecule has 0 aliphatic rings. The highest BCUT2D eigenvalue weighted by Crippen LogP contribution is 2.17. The fourth-order valence-electron chi connectivity index (χ4n) is 2.65. The second-order valence-corrected chi connectivity index (χ2v) is 7.93. The molecular weight excluding hydrogens is 350 g/mol. The highest BCUT2D eigenvalue weighted by molar-refractivity contribution is 7.89. The lowest BCUT2D eigenvalue weighted by Gasteiger charge is -2.18. The lowest BCUT2D eigenvalue weighted by Crippen LogP contribution is -2.30. The third-order valence-electron chi connectivity index (χ3n) is 4.23. The van der Waals surface area contributed by atoms with Crippen LogP contribution in [0.25, 0.3) is 0 Å². The predicted octanol–water partition coefficient (Wildman–Crippen LogP) is 2.54. The molecule has 2 rings (SSSR count). The topological polar surface area (TPSA) is 92.5 Å². The van der Waals surface area contributed by atoms with Gasteiger partial charge in [0.05, 0.1) is 4.90 Å². The highest BCUT2D eigenvalue weighted by Gasteiger charge is 2.21. The molecule has 0 bridgehead atoms. The number of rotatable bonds is 7. The van der Waals surface area contributed by atoms with Gasteiger partial charge in [-0.1, -0.05) is 32.0 Å². The van der Waals surface area contributed by atoms with E-state index in [1.54, 1.807) is 42.5 Å². The van der Waals surface area contributed by atoms with E-state index in [2.05, 4.69) is 5.32 Å². The number of hydrogen-bond acceptors (Lipinski definition) is 4. The van der Waals surface area contributed by atoms with Gasteiger partial charge in [-0.05, 0) is 42.3 Å². The number of carbonyl (C=O) groups excluding carboxylic acids is 1. The van der Waals surface area contributed by atoms with Gasteiger partial charge >= 0.3 is 0 Å². The van der Waals surface area contributed by atoms with E-state index >= 15 is 0 Å². The Bertz CT molecular complexity index is 873. The first kappa shape index (κ1) is 19.9. The van der Waals surface area contributed by atoms with Gasteiger partial charge < -0.3 is 11.1 Å². The first-order valence-electron chi connectivity index (χ1n) is 8.53. The summed E-state index contributed by atoms with van der Waals surface area (Å²) in [4.78, 5) is 12.6. The van der Waals surface area contributed by atoms with Crippen molar-refractivity contribution >= 4 is 21.6 Å². The summed E-state index contributed by atoms with van der Waals surface area (Å²) >= 11 is 0. The normalized spacial score (nSPS) is 11.5. The Morgan fingerprint density at radius 3 is 2.27 bits per heavy atom. The summed E-state index contributed by atoms with van der Waals surface area (Å²) in [5.74, 6) is -0.213. The molecule has 0 unspecified atom stereocenters. The molecule has 0 heterocycles. The largest absolute Gasteiger partial charge is 0.399 e. The highest BCUT2D eigenvalue weighted by atomic mass is 32.2. The molecule has 0 aromatic heterocycles. The Hall–Kier alpha value is -2.38. The number of nitrogen functional groups attached to an aromatic ring is 1. The Balaban J connectivity index is 2.08. The molecule has 0 spiro atoms. The summed E-state index contributed by atoms with van der Waals surface area (Å²) in [6.07, 6.45) is 0. The Morgan fingerprint density at radius 2 is 1.69 bits per heavy atom. The number of nitrogens with one attached hydrogen (secondary N) is 1. The maximum Gasteiger partial charge on any atom is 0.251 e. The van der Waals surface area contributed by atoms with E-state index in [4.69, 9.17) is 5.73 Å². The zero-order chi connectivity index (χ0) is 19.3. The molecule has 2 aromatic rings. The van der Waals surface area contributed by atoms with Crippen LogP contribution in [0.15, 0.2) is 47.4 Å². The van der Waals surface area contributed by atoms with E-state index in [1.165, 1.54) is 4.31 Å². The van der Waals surface area contributed by atoms with Crippen LogP contribution >= 0.6 is 0 Å². The second-order valence-electron chi connectivity index (χ2n) is 5.99. The van der Waals surface area contributed by atoms with Crippen LogP contribution in [0.3, 0.4) is 0 Å². The van der Waals surface area contributed by atoms with Crippen molar-refractivity contribution in [1.82, 2.24) is 9.62 Å². The van der Waals surface area contributed by atoms with Crippen molar-refractivity contribution in [3.63, 3.8) is 0 Å². The summed E-state index contributed by atoms with van der Waals surface area (Å²) in [6.45, 7) is 6.62. The number of nitrogens with zero attached hydrogens (tertiary/aromatic N) is 1. The van der Waals surface area contributed by atoms with Crippen molar-refractivity contribution in [2.24, 2.45) is 0 Å². The quantitative estimate of drug-likeness (QED) is 0.728. The molecular formula is C19H25N3O3S. The van der Waals surface area contributed by atoms with Crippen LogP contribution in [-0.4, -0.2) is 31.7 Å². The number of carbonyl (C=O) groups is 1. The SMILES string of the molecule is CCN(CC)S(=O)(=O)c1ccc(CNC(=O)c2cc(N)ccc2C)cc1. The van der Waals surface area contributed by atoms with Crippen molar-refractivity contribution in [2.45, 2.75) is 32.2 Å². The summed E-state index contributed by atoms with van der Waals surface area (Å²) in [5, 5.41) is 2.83. The van der Waals surface area contributed by atoms with E-state index < -0.39 is 10.0 Å². The third-order valence-corrected chi connectivity index (χ3v) is 6.29. The minimum atomic E-state index is -3.47. The number of aryl methyl sites for hydroxylation is 1. The lowest BCUT2D eigenvalue weighted by molar-refractivity contribution is 0.0950. The molecule has 6 nitrogen and oxygen atoms in total. The molecule has 3 N–H and O–H groups in total. The van der Waals surface area contributed by atoms with Gasteiger partial charge in [0, 0.05) is 30.9 Å². The van der Waals surface area contributed by atoms with E-state index in [9.17, 15) is 13.2 Å². The number of nitrogens with two attached hydrogens (primary N) is 1. The Kier molecular flexibility index (Phi) is 6.39. The van der Waals surface area contributed by atoms with Crippen molar-refractivity contribution in [3.8, 4) is 0 Å². The van der Waals surface area contributed by atoms with Crippen molar-refractivity contribution in [1.29, 1.82) is 0 Å². The average Bonchev–Trinajstić information content (AvgIpc) is 2.63. The van der Waals surface area contributed by atoms with E-state index in [0.717, 1.165) is 11.1 Å². The van der Waals surface area contributed by atoms with Crippen molar-refractivity contribution in [3.05, 3.63) is 59.2 Å². The fourth-order valence-corrected chi connectivity index (χ4v) is 4.11. The van der Waals surface area contributed by atoms with E-state index in [1.807, 2.05) is 20.8 Å². The van der Waals surface area contributed by atoms with Gasteiger partial charge in [0.2, 0.25) is 10.0 Å². The predicted molar refractivity (Wildman–Crippen MR) is 103 cm³/mol. The molecule has 26 heavy (non-hydrogen) atoms. The minimum Gasteiger partial charge on any atom is -0.399 e. The molecule has 2 aromatic carbocycles. The minimum absolute atomic E-state index is 0.213. The first-order valence-corrected chi connectivity index (χ1v) is 9.97. The molecule has 1 amide bonds. The summed E-state index contributed by atoms with van der Waals surface area (Å²) in [5.41, 5.74) is 8.47. The number of benzene rings is 2. The summed E-state index contributed by atoms with van der Waals surface area (Å²) in [7, 11) is -3.47. The molecule has 0 aliphatic heterocycles. The zero-order valence-electron chi connectivity index (χ0n) is 15.3. The van der Waals surface area contributed by atoms with E-state index in [0.29, 0.717) is 30.9 Å². The monoisotopic (exact) mass is 375 g/mol. The maximum absolute atomic E-state index is 12.5. The van der Waals surface area contributed by atoms with Crippen LogP contribution in [-0.2, 0) is 16.6 Å². The number of anilines is 1. The van der Waals surface area contributed by atoms with Gasteiger partial charge in [-0.25, -0.2) is 8.42 Å². The van der Waals surface area contributed by atoms with Gasteiger partial charge in [-0.2, -0.15) is 4.31 Å². The van der Waals surface area contributed by atoms with Crippen LogP contribution < -0.4 is 11.1 Å². The molecule has 0 aliphatic carbocycles. The Labute approximate surface area is 155 Å². The van der Waals surface area contributed by atoms with Crippen LogP contribution in [0.1, 0.15) is 35.3 Å². The molecule has 140 valence electrons. The molecule has 7 heteroatoms. The van der Waals surface area contributed by atoms with Crippen LogP contribution in [0.5, 0.6) is 0 Å². The zero-order valence-corrected chi connectivity index (χ0v) is 16.1. The van der Waals surface area contributed by atoms with Crippen LogP contribution in [0.4, 0.5) is 5.69 Å². The van der Waals surface area contributed by atoms with Gasteiger partial charge in [0.15, 0.2) is 0 Å². The van der Waals surface area contributed by atoms with Gasteiger partial charge in [-0.3, -0.25) is 4.79 Å². The number of sulfonamides is 1. The van der Waals surface area contributed by atoms with Crippen molar-refractivity contribution < 1.29 is 13.2 Å². The molecule has 0 atom stereocenters. The third kappa shape index (κ3) is 4.42. The molecule has 0 fully saturated rings. The van der Waals surface area contributed by atoms with Gasteiger partial charge in [0.1, 0.15) is 0 Å². The molecule has 0 saturated carbocycles. The standard InChI is InChI=1S/C19H25N3O3S/c1-4-22(5-2)26(24,25)17-10-7-15(8-11-17)13-21-19(23)18-12-16(20)9-6-14(18)3/h6-12H,4-5,13,20H2,1-3H3,(H,21,23). The van der Waals surface area contributed by atoms with Crippen LogP contribution in [0.2, 0.25) is 0 Å². The first-order chi connectivity index (χ1) is 12.3. The average molecular weight is 375 g/mol. The maximum atomic E-state index is 12.5. The van der Waals surface area contributed by atoms with Gasteiger partial charge in [-0.15, -0.1) is 0 Å². The Morgan fingerprint density at radius 1 is 1.08 bits per heavy atom. The summed E-state index contributed by atoms with van der Waals surface area (Å²) < 4.78 is 26.4. The molecule has 0 radical (unpaired) electrons. The van der Waals surface area contributed by atoms with Crippen molar-refractivity contribution in [2.75, 3.05) is 18.8 Å². The van der Waals surface area contributed by atoms with E-state index in [-0.39, 0.29) is 10.8 Å². The number of amides is 1. The smallest absolute Gasteiger partial charge is 0.251 e. The van der Waals surface area contributed by atoms with Crippen LogP contribution in [0, 0.1) is 6.92 Å². The number of hydrogen-bond donors (Lipinski definition) is 2. The lowest BCUT2D eigenvalue weighted by atomic mass is 10.1. The fraction of sp³-hybridized carbons (Fsp3) is 0.316. The van der Waals surface area contributed by atoms with Gasteiger partial charge in [0.25, 0.3) is 5.91 Å².